The predicted molar refractivity (Wildman–Crippen MR) is 92.1 cm³/mol. The number of amides is 1. The lowest BCUT2D eigenvalue weighted by atomic mass is 10.1. The quantitative estimate of drug-likeness (QED) is 0.533. The topological polar surface area (TPSA) is 116 Å². The molecule has 11 heteroatoms. The highest BCUT2D eigenvalue weighted by Gasteiger charge is 2.14. The zero-order valence-electron chi connectivity index (χ0n) is 13.4. The van der Waals surface area contributed by atoms with Crippen molar-refractivity contribution in [3.63, 3.8) is 0 Å². The van der Waals surface area contributed by atoms with Crippen LogP contribution in [-0.4, -0.2) is 46.3 Å². The van der Waals surface area contributed by atoms with E-state index < -0.39 is 0 Å². The lowest BCUT2D eigenvalue weighted by Gasteiger charge is -2.04. The number of aromatic nitrogens is 8. The molecule has 4 rings (SSSR count). The summed E-state index contributed by atoms with van der Waals surface area (Å²) in [7, 11) is 0. The number of nitrogens with zero attached hydrogens (tertiary/aromatic N) is 8. The maximum atomic E-state index is 12.0. The van der Waals surface area contributed by atoms with Gasteiger partial charge in [0.15, 0.2) is 0 Å². The minimum Gasteiger partial charge on any atom is -0.350 e. The predicted octanol–water partition coefficient (Wildman–Crippen LogP) is 0.694. The number of benzene rings is 1. The first kappa shape index (κ1) is 16.0. The molecule has 0 aliphatic rings. The van der Waals surface area contributed by atoms with Gasteiger partial charge in [0.25, 0.3) is 0 Å². The second-order valence-electron chi connectivity index (χ2n) is 5.27. The lowest BCUT2D eigenvalue weighted by Crippen LogP contribution is -2.27. The van der Waals surface area contributed by atoms with E-state index in [1.807, 2.05) is 41.8 Å². The van der Waals surface area contributed by atoms with Gasteiger partial charge in [0.2, 0.25) is 11.7 Å². The van der Waals surface area contributed by atoms with Crippen LogP contribution in [0.3, 0.4) is 0 Å². The largest absolute Gasteiger partial charge is 0.350 e. The highest BCUT2D eigenvalue weighted by atomic mass is 32.1. The molecule has 0 saturated carbocycles. The first-order valence-corrected chi connectivity index (χ1v) is 8.57. The standard InChI is InChI=1S/C15H13N9OS/c25-14(16-8-11-4-3-7-26-11)9-24-19-15(18-21-24)12-5-1-2-6-13(12)23-10-17-20-22-23/h1-7,10H,8-9H2,(H,16,25). The zero-order chi connectivity index (χ0) is 17.8. The number of carbonyl (C=O) groups excluding carboxylic acids is 1. The van der Waals surface area contributed by atoms with Crippen LogP contribution in [0.5, 0.6) is 0 Å². The van der Waals surface area contributed by atoms with Crippen LogP contribution in [0.4, 0.5) is 0 Å². The molecule has 0 fully saturated rings. The normalized spacial score (nSPS) is 10.8. The maximum Gasteiger partial charge on any atom is 0.243 e. The molecule has 1 N–H and O–H groups in total. The van der Waals surface area contributed by atoms with E-state index in [1.54, 1.807) is 11.3 Å². The molecule has 1 amide bonds. The van der Waals surface area contributed by atoms with Crippen LogP contribution in [0.15, 0.2) is 48.1 Å². The summed E-state index contributed by atoms with van der Waals surface area (Å²) in [4.78, 5) is 14.4. The highest BCUT2D eigenvalue weighted by molar-refractivity contribution is 7.09. The molecule has 10 nitrogen and oxygen atoms in total. The molecular formula is C15H13N9OS. The number of tetrazole rings is 2. The summed E-state index contributed by atoms with van der Waals surface area (Å²) >= 11 is 1.59. The summed E-state index contributed by atoms with van der Waals surface area (Å²) in [6.45, 7) is 0.478. The van der Waals surface area contributed by atoms with Crippen LogP contribution in [0, 0.1) is 0 Å². The Balaban J connectivity index is 1.48. The molecule has 0 saturated heterocycles. The molecule has 0 unspecified atom stereocenters. The first-order chi connectivity index (χ1) is 12.8. The fourth-order valence-corrected chi connectivity index (χ4v) is 2.98. The Morgan fingerprint density at radius 1 is 1.15 bits per heavy atom. The fourth-order valence-electron chi connectivity index (χ4n) is 2.34. The number of nitrogens with one attached hydrogen (secondary N) is 1. The molecule has 4 aromatic rings. The molecule has 0 radical (unpaired) electrons. The molecule has 0 bridgehead atoms. The smallest absolute Gasteiger partial charge is 0.243 e. The molecule has 3 heterocycles. The van der Waals surface area contributed by atoms with Gasteiger partial charge in [-0.25, -0.2) is 0 Å². The zero-order valence-corrected chi connectivity index (χ0v) is 14.2. The van der Waals surface area contributed by atoms with Crippen molar-refractivity contribution < 1.29 is 4.79 Å². The second-order valence-corrected chi connectivity index (χ2v) is 6.30. The molecule has 3 aromatic heterocycles. The Morgan fingerprint density at radius 3 is 2.88 bits per heavy atom. The summed E-state index contributed by atoms with van der Waals surface area (Å²) in [5, 5.41) is 28.2. The summed E-state index contributed by atoms with van der Waals surface area (Å²) in [6.07, 6.45) is 1.49. The Morgan fingerprint density at radius 2 is 2.08 bits per heavy atom. The molecule has 0 aliphatic heterocycles. The summed E-state index contributed by atoms with van der Waals surface area (Å²) in [5.41, 5.74) is 1.43. The number of hydrogen-bond donors (Lipinski definition) is 1. The van der Waals surface area contributed by atoms with Gasteiger partial charge in [-0.3, -0.25) is 4.79 Å². The minimum atomic E-state index is -0.184. The second kappa shape index (κ2) is 7.19. The summed E-state index contributed by atoms with van der Waals surface area (Å²) < 4.78 is 1.52. The Labute approximate surface area is 151 Å². The van der Waals surface area contributed by atoms with Gasteiger partial charge in [0.05, 0.1) is 12.2 Å². The molecule has 0 spiro atoms. The van der Waals surface area contributed by atoms with Crippen molar-refractivity contribution in [2.24, 2.45) is 0 Å². The van der Waals surface area contributed by atoms with Crippen molar-refractivity contribution in [2.45, 2.75) is 13.1 Å². The van der Waals surface area contributed by atoms with Gasteiger partial charge >= 0.3 is 0 Å². The van der Waals surface area contributed by atoms with Gasteiger partial charge in [-0.05, 0) is 39.2 Å². The van der Waals surface area contributed by atoms with E-state index >= 15 is 0 Å². The van der Waals surface area contributed by atoms with E-state index in [1.165, 1.54) is 15.8 Å². The average molecular weight is 367 g/mol. The molecule has 1 aromatic carbocycles. The third kappa shape index (κ3) is 3.47. The molecule has 0 atom stereocenters. The van der Waals surface area contributed by atoms with Crippen LogP contribution < -0.4 is 5.32 Å². The van der Waals surface area contributed by atoms with E-state index in [0.29, 0.717) is 17.9 Å². The third-order valence-corrected chi connectivity index (χ3v) is 4.39. The van der Waals surface area contributed by atoms with Gasteiger partial charge in [-0.15, -0.1) is 26.6 Å². The van der Waals surface area contributed by atoms with Crippen LogP contribution in [0.2, 0.25) is 0 Å². The van der Waals surface area contributed by atoms with Crippen LogP contribution in [0.1, 0.15) is 4.88 Å². The number of rotatable bonds is 6. The van der Waals surface area contributed by atoms with Gasteiger partial charge in [0.1, 0.15) is 12.9 Å². The van der Waals surface area contributed by atoms with Gasteiger partial charge in [-0.1, -0.05) is 18.2 Å². The van der Waals surface area contributed by atoms with Crippen molar-refractivity contribution in [3.05, 3.63) is 53.0 Å². The number of para-hydroxylation sites is 1. The summed E-state index contributed by atoms with van der Waals surface area (Å²) in [5.74, 6) is 0.207. The monoisotopic (exact) mass is 367 g/mol. The number of hydrogen-bond acceptors (Lipinski definition) is 8. The number of thiophene rings is 1. The third-order valence-electron chi connectivity index (χ3n) is 3.52. The van der Waals surface area contributed by atoms with E-state index in [0.717, 1.165) is 10.6 Å². The molecule has 26 heavy (non-hydrogen) atoms. The Kier molecular flexibility index (Phi) is 4.43. The van der Waals surface area contributed by atoms with E-state index in [4.69, 9.17) is 0 Å². The highest BCUT2D eigenvalue weighted by Crippen LogP contribution is 2.21. The SMILES string of the molecule is O=C(Cn1nnc(-c2ccccc2-n2cnnn2)n1)NCc1cccs1. The van der Waals surface area contributed by atoms with Gasteiger partial charge in [0, 0.05) is 10.4 Å². The average Bonchev–Trinajstić information content (AvgIpc) is 3.42. The minimum absolute atomic E-state index is 0.00851. The van der Waals surface area contributed by atoms with Crippen molar-refractivity contribution in [2.75, 3.05) is 0 Å². The van der Waals surface area contributed by atoms with Crippen molar-refractivity contribution in [3.8, 4) is 17.1 Å². The lowest BCUT2D eigenvalue weighted by molar-refractivity contribution is -0.122. The van der Waals surface area contributed by atoms with Crippen molar-refractivity contribution in [1.29, 1.82) is 0 Å². The van der Waals surface area contributed by atoms with E-state index in [2.05, 4.69) is 36.3 Å². The molecular weight excluding hydrogens is 354 g/mol. The fraction of sp³-hybridized carbons (Fsp3) is 0.133. The maximum absolute atomic E-state index is 12.0. The molecule has 130 valence electrons. The van der Waals surface area contributed by atoms with E-state index in [-0.39, 0.29) is 12.5 Å². The van der Waals surface area contributed by atoms with Gasteiger partial charge in [-0.2, -0.15) is 9.48 Å². The van der Waals surface area contributed by atoms with Crippen LogP contribution in [0.25, 0.3) is 17.1 Å². The molecule has 0 aliphatic carbocycles. The summed E-state index contributed by atoms with van der Waals surface area (Å²) in [6, 6.07) is 11.3. The van der Waals surface area contributed by atoms with Crippen molar-refractivity contribution >= 4 is 17.2 Å². The van der Waals surface area contributed by atoms with Crippen molar-refractivity contribution in [1.82, 2.24) is 45.7 Å². The Hall–Kier alpha value is -3.47. The van der Waals surface area contributed by atoms with Crippen LogP contribution >= 0.6 is 11.3 Å². The van der Waals surface area contributed by atoms with Gasteiger partial charge < -0.3 is 5.32 Å². The Bertz CT molecular complexity index is 994. The van der Waals surface area contributed by atoms with E-state index in [9.17, 15) is 4.79 Å². The first-order valence-electron chi connectivity index (χ1n) is 7.69. The van der Waals surface area contributed by atoms with Crippen LogP contribution in [-0.2, 0) is 17.9 Å². The number of carbonyl (C=O) groups is 1.